The van der Waals surface area contributed by atoms with E-state index in [4.69, 9.17) is 14.2 Å². The van der Waals surface area contributed by atoms with Gasteiger partial charge in [-0.05, 0) is 88.8 Å². The molecule has 258 valence electrons. The summed E-state index contributed by atoms with van der Waals surface area (Å²) in [7, 11) is 7.79. The van der Waals surface area contributed by atoms with Gasteiger partial charge in [-0.1, -0.05) is 90.9 Å². The molecule has 0 aliphatic heterocycles. The lowest BCUT2D eigenvalue weighted by Gasteiger charge is -2.56. The van der Waals surface area contributed by atoms with E-state index in [2.05, 4.69) is 6.92 Å². The van der Waals surface area contributed by atoms with Gasteiger partial charge in [-0.3, -0.25) is 14.4 Å². The van der Waals surface area contributed by atoms with Gasteiger partial charge in [-0.25, -0.2) is 0 Å². The zero-order chi connectivity index (χ0) is 34.5. The Balaban J connectivity index is 1.50. The molecule has 47 heavy (non-hydrogen) atoms. The van der Waals surface area contributed by atoms with E-state index in [1.165, 1.54) is 19.3 Å². The largest absolute Gasteiger partial charge is 0.464 e. The van der Waals surface area contributed by atoms with Gasteiger partial charge in [0, 0.05) is 17.2 Å². The average molecular weight is 648 g/mol. The highest BCUT2D eigenvalue weighted by molar-refractivity contribution is 6.54. The van der Waals surface area contributed by atoms with Gasteiger partial charge in [0.1, 0.15) is 32.9 Å². The molecule has 0 saturated heterocycles. The topological polar surface area (TPSA) is 82.1 Å². The molecular weight excluding hydrogens is 588 g/mol. The van der Waals surface area contributed by atoms with Crippen LogP contribution in [0.1, 0.15) is 111 Å². The predicted molar refractivity (Wildman–Crippen MR) is 189 cm³/mol. The lowest BCUT2D eigenvalue weighted by Crippen LogP contribution is -2.54. The Bertz CT molecular complexity index is 1190. The van der Waals surface area contributed by atoms with Gasteiger partial charge in [-0.2, -0.15) is 0 Å². The number of esters is 3. The van der Waals surface area contributed by atoms with Crippen molar-refractivity contribution in [1.29, 1.82) is 0 Å². The molecule has 7 nitrogen and oxygen atoms in total. The van der Waals surface area contributed by atoms with E-state index in [-0.39, 0.29) is 24.0 Å². The molecule has 0 spiro atoms. The van der Waals surface area contributed by atoms with E-state index < -0.39 is 21.6 Å². The first kappa shape index (κ1) is 37.5. The lowest BCUT2D eigenvalue weighted by molar-refractivity contribution is -0.189. The third-order valence-electron chi connectivity index (χ3n) is 11.3. The molecule has 9 heteroatoms. The molecule has 3 atom stereocenters. The Morgan fingerprint density at radius 2 is 1.43 bits per heavy atom. The van der Waals surface area contributed by atoms with Gasteiger partial charge < -0.3 is 19.1 Å². The van der Waals surface area contributed by atoms with Crippen molar-refractivity contribution in [1.82, 2.24) is 4.90 Å². The second-order valence-electron chi connectivity index (χ2n) is 16.4. The van der Waals surface area contributed by atoms with Crippen molar-refractivity contribution in [2.75, 3.05) is 27.2 Å². The summed E-state index contributed by atoms with van der Waals surface area (Å²) < 4.78 is 18.4. The molecule has 1 aromatic carbocycles. The van der Waals surface area contributed by atoms with E-state index in [0.29, 0.717) is 50.0 Å². The maximum Gasteiger partial charge on any atom is 0.311 e. The Kier molecular flexibility index (Phi) is 12.4. The van der Waals surface area contributed by atoms with Crippen molar-refractivity contribution >= 4 is 32.5 Å². The number of carbonyl (C=O) groups excluding carboxylic acids is 3. The Morgan fingerprint density at radius 1 is 0.851 bits per heavy atom. The van der Waals surface area contributed by atoms with Crippen LogP contribution in [0, 0.1) is 23.2 Å². The maximum atomic E-state index is 14.4. The molecule has 4 aliphatic rings. The van der Waals surface area contributed by atoms with Gasteiger partial charge in [0.2, 0.25) is 0 Å². The summed E-state index contributed by atoms with van der Waals surface area (Å²) in [4.78, 5) is 43.3. The minimum atomic E-state index is -1.04. The summed E-state index contributed by atoms with van der Waals surface area (Å²) in [6, 6.07) is 9.88. The Morgan fingerprint density at radius 3 is 1.96 bits per heavy atom. The fraction of sp³-hybridized carbons (Fsp3) is 0.763. The fourth-order valence-electron chi connectivity index (χ4n) is 8.09. The number of carbonyl (C=O) groups is 3. The van der Waals surface area contributed by atoms with Crippen molar-refractivity contribution in [3.63, 3.8) is 0 Å². The number of ether oxygens (including phenoxy) is 3. The van der Waals surface area contributed by atoms with E-state index in [1.807, 2.05) is 98.5 Å². The van der Waals surface area contributed by atoms with Crippen molar-refractivity contribution < 1.29 is 28.6 Å². The van der Waals surface area contributed by atoms with Crippen LogP contribution >= 0.6 is 0 Å². The van der Waals surface area contributed by atoms with Crippen LogP contribution in [-0.4, -0.2) is 70.2 Å². The first-order valence-electron chi connectivity index (χ1n) is 18.1. The van der Waals surface area contributed by atoms with Crippen LogP contribution in [0.5, 0.6) is 0 Å². The Hall–Kier alpha value is -2.28. The van der Waals surface area contributed by atoms with Crippen LogP contribution in [-0.2, 0) is 28.6 Å². The van der Waals surface area contributed by atoms with E-state index in [9.17, 15) is 14.4 Å². The summed E-state index contributed by atoms with van der Waals surface area (Å²) in [6.45, 7) is 12.6. The number of rotatable bonds is 18. The predicted octanol–water partition coefficient (Wildman–Crippen LogP) is 7.73. The van der Waals surface area contributed by atoms with E-state index in [0.717, 1.165) is 37.7 Å². The van der Waals surface area contributed by atoms with Crippen LogP contribution in [0.15, 0.2) is 30.3 Å². The second-order valence-corrected chi connectivity index (χ2v) is 16.4. The Labute approximate surface area is 286 Å². The van der Waals surface area contributed by atoms with Crippen LogP contribution in [0.2, 0.25) is 23.3 Å². The summed E-state index contributed by atoms with van der Waals surface area (Å²) in [5, 5.41) is -1.90. The van der Waals surface area contributed by atoms with Crippen molar-refractivity contribution in [2.24, 2.45) is 23.2 Å². The summed E-state index contributed by atoms with van der Waals surface area (Å²) in [6.07, 6.45) is 9.11. The minimum absolute atomic E-state index is 0.257. The molecule has 0 amide bonds. The monoisotopic (exact) mass is 647 g/mol. The lowest BCUT2D eigenvalue weighted by atomic mass is 9.37. The van der Waals surface area contributed by atoms with Crippen LogP contribution in [0.3, 0.4) is 0 Å². The molecule has 4 fully saturated rings. The molecular formula is C38H59B2NO6. The molecule has 0 heterocycles. The van der Waals surface area contributed by atoms with Gasteiger partial charge >= 0.3 is 17.9 Å². The quantitative estimate of drug-likeness (QED) is 0.0917. The molecule has 2 radical (unpaired) electrons. The van der Waals surface area contributed by atoms with Gasteiger partial charge in [0.25, 0.3) is 0 Å². The molecule has 4 saturated carbocycles. The number of hydrogen-bond acceptors (Lipinski definition) is 7. The number of nitrogens with zero attached hydrogens (tertiary/aromatic N) is 1. The number of benzene rings is 1. The summed E-state index contributed by atoms with van der Waals surface area (Å²) in [5.74, 6) is 1.10. The molecule has 3 unspecified atom stereocenters. The maximum absolute atomic E-state index is 14.4. The van der Waals surface area contributed by atoms with E-state index in [1.54, 1.807) is 0 Å². The first-order valence-corrected chi connectivity index (χ1v) is 18.1. The highest BCUT2D eigenvalue weighted by atomic mass is 16.6. The highest BCUT2D eigenvalue weighted by Crippen LogP contribution is 2.58. The molecule has 4 bridgehead atoms. The van der Waals surface area contributed by atoms with Crippen molar-refractivity contribution in [3.8, 4) is 0 Å². The van der Waals surface area contributed by atoms with Crippen LogP contribution < -0.4 is 0 Å². The molecule has 1 aromatic rings. The number of likely N-dealkylation sites (N-methyl/N-ethyl adjacent to an activating group) is 1. The SMILES string of the molecule is CCCC(OC(=O)C(C)(C)C[B]C(C)(C[B]C(C)(CC)C(=O)OCCN(C)C)C(=O)OC12CC3CC(CC(C3)C1)C2)c1ccccc1. The van der Waals surface area contributed by atoms with E-state index >= 15 is 0 Å². The minimum Gasteiger partial charge on any atom is -0.464 e. The van der Waals surface area contributed by atoms with Crippen LogP contribution in [0.4, 0.5) is 0 Å². The highest BCUT2D eigenvalue weighted by Gasteiger charge is 2.55. The van der Waals surface area contributed by atoms with Gasteiger partial charge in [0.05, 0.1) is 5.41 Å². The average Bonchev–Trinajstić information content (AvgIpc) is 3.01. The standard InChI is InChI=1S/C38H59B2NO6/c1-9-14-31(30-15-12-11-13-16-30)46-32(42)35(3,4)25-39-37(6,26-40-36(5,10-2)33(43)45-18-17-41(7)8)34(44)47-38-22-27-19-28(23-38)21-29(20-27)24-38/h11-13,15-16,27-29,31H,9-10,14,17-26H2,1-8H3. The summed E-state index contributed by atoms with van der Waals surface area (Å²) in [5.41, 5.74) is -0.280. The third kappa shape index (κ3) is 9.45. The van der Waals surface area contributed by atoms with Gasteiger partial charge in [-0.15, -0.1) is 0 Å². The zero-order valence-corrected chi connectivity index (χ0v) is 30.4. The van der Waals surface area contributed by atoms with Crippen molar-refractivity contribution in [2.45, 2.75) is 134 Å². The molecule has 0 aromatic heterocycles. The second kappa shape index (κ2) is 15.5. The summed E-state index contributed by atoms with van der Waals surface area (Å²) >= 11 is 0. The van der Waals surface area contributed by atoms with Crippen LogP contribution in [0.25, 0.3) is 0 Å². The number of hydrogen-bond donors (Lipinski definition) is 0. The fourth-order valence-corrected chi connectivity index (χ4v) is 8.09. The van der Waals surface area contributed by atoms with Crippen molar-refractivity contribution in [3.05, 3.63) is 35.9 Å². The first-order chi connectivity index (χ1) is 22.1. The smallest absolute Gasteiger partial charge is 0.311 e. The third-order valence-corrected chi connectivity index (χ3v) is 11.3. The molecule has 0 N–H and O–H groups in total. The zero-order valence-electron chi connectivity index (χ0n) is 30.4. The van der Waals surface area contributed by atoms with Gasteiger partial charge in [0.15, 0.2) is 0 Å². The molecule has 5 rings (SSSR count). The molecule has 4 aliphatic carbocycles. The normalized spacial score (nSPS) is 26.5.